The molecule has 0 unspecified atom stereocenters. The Balaban J connectivity index is 1.59. The summed E-state index contributed by atoms with van der Waals surface area (Å²) in [7, 11) is 0. The van der Waals surface area contributed by atoms with Crippen LogP contribution in [0.25, 0.3) is 11.1 Å². The summed E-state index contributed by atoms with van der Waals surface area (Å²) in [5.41, 5.74) is 4.39. The number of carboxylic acid groups (broad SMARTS) is 1. The molecular formula is C30H25NO3. The first-order chi connectivity index (χ1) is 16.5. The number of carbonyl (C=O) groups excluding carboxylic acids is 1. The molecule has 0 saturated carbocycles. The predicted octanol–water partition coefficient (Wildman–Crippen LogP) is 5.37. The van der Waals surface area contributed by atoms with Crippen LogP contribution < -0.4 is 5.32 Å². The molecule has 168 valence electrons. The number of rotatable bonds is 6. The van der Waals surface area contributed by atoms with Gasteiger partial charge in [-0.05, 0) is 40.3 Å². The minimum atomic E-state index is -1.12. The maximum Gasteiger partial charge on any atom is 0.327 e. The molecule has 0 aliphatic heterocycles. The summed E-state index contributed by atoms with van der Waals surface area (Å²) in [5.74, 6) is -1.89. The van der Waals surface area contributed by atoms with Gasteiger partial charge in [0.15, 0.2) is 0 Å². The van der Waals surface area contributed by atoms with E-state index in [0.717, 1.165) is 33.4 Å². The maximum atomic E-state index is 14.0. The smallest absolute Gasteiger partial charge is 0.327 e. The van der Waals surface area contributed by atoms with E-state index in [4.69, 9.17) is 0 Å². The van der Waals surface area contributed by atoms with Gasteiger partial charge in [0.2, 0.25) is 5.91 Å². The van der Waals surface area contributed by atoms with Crippen molar-refractivity contribution in [2.24, 2.45) is 0 Å². The van der Waals surface area contributed by atoms with Crippen LogP contribution in [0.15, 0.2) is 109 Å². The van der Waals surface area contributed by atoms with E-state index in [1.807, 2.05) is 116 Å². The zero-order valence-corrected chi connectivity index (χ0v) is 18.8. The number of hydrogen-bond donors (Lipinski definition) is 2. The molecule has 1 atom stereocenters. The van der Waals surface area contributed by atoms with E-state index in [1.54, 1.807) is 0 Å². The zero-order chi connectivity index (χ0) is 23.7. The summed E-state index contributed by atoms with van der Waals surface area (Å²) >= 11 is 0. The van der Waals surface area contributed by atoms with E-state index < -0.39 is 23.3 Å². The molecule has 0 saturated heterocycles. The number of amides is 1. The molecule has 0 aromatic heterocycles. The molecule has 0 bridgehead atoms. The van der Waals surface area contributed by atoms with Gasteiger partial charge in [-0.3, -0.25) is 4.79 Å². The molecule has 1 aliphatic carbocycles. The van der Waals surface area contributed by atoms with Crippen LogP contribution in [-0.4, -0.2) is 23.0 Å². The van der Waals surface area contributed by atoms with Gasteiger partial charge in [-0.25, -0.2) is 4.79 Å². The summed E-state index contributed by atoms with van der Waals surface area (Å²) in [6.45, 7) is 1.85. The largest absolute Gasteiger partial charge is 0.480 e. The van der Waals surface area contributed by atoms with Gasteiger partial charge in [-0.15, -0.1) is 0 Å². The molecular weight excluding hydrogens is 422 g/mol. The average molecular weight is 448 g/mol. The lowest BCUT2D eigenvalue weighted by molar-refractivity contribution is -0.142. The average Bonchev–Trinajstić information content (AvgIpc) is 3.21. The van der Waals surface area contributed by atoms with Crippen molar-refractivity contribution in [3.63, 3.8) is 0 Å². The highest BCUT2D eigenvalue weighted by Crippen LogP contribution is 2.46. The Kier molecular flexibility index (Phi) is 5.50. The number of nitrogens with one attached hydrogen (secondary N) is 1. The van der Waals surface area contributed by atoms with Crippen molar-refractivity contribution in [1.82, 2.24) is 5.32 Å². The monoisotopic (exact) mass is 447 g/mol. The molecule has 0 radical (unpaired) electrons. The topological polar surface area (TPSA) is 66.4 Å². The summed E-state index contributed by atoms with van der Waals surface area (Å²) in [5, 5.41) is 13.3. The Hall–Kier alpha value is -4.18. The second-order valence-electron chi connectivity index (χ2n) is 8.80. The number of fused-ring (bicyclic) bond motifs is 3. The molecule has 5 rings (SSSR count). The molecule has 1 aliphatic rings. The van der Waals surface area contributed by atoms with Crippen molar-refractivity contribution >= 4 is 11.9 Å². The van der Waals surface area contributed by atoms with Gasteiger partial charge in [-0.2, -0.15) is 0 Å². The van der Waals surface area contributed by atoms with Gasteiger partial charge in [0.1, 0.15) is 6.04 Å². The SMILES string of the molecule is CC(C(=O)N[C@@H](C(=O)O)C1c2ccccc2-c2ccccc21)(c1ccccc1)c1ccccc1. The van der Waals surface area contributed by atoms with Gasteiger partial charge >= 0.3 is 5.97 Å². The van der Waals surface area contributed by atoms with Gasteiger partial charge < -0.3 is 10.4 Å². The minimum Gasteiger partial charge on any atom is -0.480 e. The lowest BCUT2D eigenvalue weighted by Crippen LogP contribution is -2.52. The molecule has 4 aromatic rings. The van der Waals surface area contributed by atoms with Crippen molar-refractivity contribution in [1.29, 1.82) is 0 Å². The highest BCUT2D eigenvalue weighted by Gasteiger charge is 2.43. The van der Waals surface area contributed by atoms with E-state index in [2.05, 4.69) is 5.32 Å². The molecule has 4 nitrogen and oxygen atoms in total. The normalized spacial score (nSPS) is 13.6. The molecule has 34 heavy (non-hydrogen) atoms. The number of benzene rings is 4. The Labute approximate surface area is 198 Å². The van der Waals surface area contributed by atoms with Crippen LogP contribution in [0.5, 0.6) is 0 Å². The second-order valence-corrected chi connectivity index (χ2v) is 8.80. The highest BCUT2D eigenvalue weighted by atomic mass is 16.4. The van der Waals surface area contributed by atoms with Crippen molar-refractivity contribution < 1.29 is 14.7 Å². The molecule has 2 N–H and O–H groups in total. The predicted molar refractivity (Wildman–Crippen MR) is 133 cm³/mol. The lowest BCUT2D eigenvalue weighted by Gasteiger charge is -2.32. The maximum absolute atomic E-state index is 14.0. The van der Waals surface area contributed by atoms with Crippen molar-refractivity contribution in [2.45, 2.75) is 24.3 Å². The first-order valence-electron chi connectivity index (χ1n) is 11.3. The van der Waals surface area contributed by atoms with Crippen molar-refractivity contribution in [3.05, 3.63) is 131 Å². The number of carboxylic acids is 1. The van der Waals surface area contributed by atoms with E-state index in [9.17, 15) is 14.7 Å². The van der Waals surface area contributed by atoms with Crippen molar-refractivity contribution in [3.8, 4) is 11.1 Å². The Morgan fingerprint density at radius 3 is 1.56 bits per heavy atom. The molecule has 1 amide bonds. The third-order valence-electron chi connectivity index (χ3n) is 6.92. The third kappa shape index (κ3) is 3.48. The molecule has 0 spiro atoms. The van der Waals surface area contributed by atoms with E-state index >= 15 is 0 Å². The Bertz CT molecular complexity index is 1260. The van der Waals surface area contributed by atoms with Crippen LogP contribution in [-0.2, 0) is 15.0 Å². The first kappa shape index (κ1) is 21.7. The molecule has 0 fully saturated rings. The van der Waals surface area contributed by atoms with Crippen LogP contribution in [0.1, 0.15) is 35.1 Å². The van der Waals surface area contributed by atoms with Crippen molar-refractivity contribution in [2.75, 3.05) is 0 Å². The fourth-order valence-corrected chi connectivity index (χ4v) is 5.10. The van der Waals surface area contributed by atoms with Crippen LogP contribution in [0.3, 0.4) is 0 Å². The summed E-state index contributed by atoms with van der Waals surface area (Å²) in [4.78, 5) is 26.6. The number of carbonyl (C=O) groups is 2. The van der Waals surface area contributed by atoms with Gasteiger partial charge in [0.05, 0.1) is 5.41 Å². The first-order valence-corrected chi connectivity index (χ1v) is 11.3. The van der Waals surface area contributed by atoms with Gasteiger partial charge in [0, 0.05) is 5.92 Å². The van der Waals surface area contributed by atoms with E-state index in [1.165, 1.54) is 0 Å². The highest BCUT2D eigenvalue weighted by molar-refractivity contribution is 5.95. The zero-order valence-electron chi connectivity index (χ0n) is 18.8. The number of hydrogen-bond acceptors (Lipinski definition) is 2. The fourth-order valence-electron chi connectivity index (χ4n) is 5.10. The summed E-state index contributed by atoms with van der Waals surface area (Å²) in [6, 6.07) is 33.5. The van der Waals surface area contributed by atoms with Crippen LogP contribution in [0.2, 0.25) is 0 Å². The van der Waals surface area contributed by atoms with E-state index in [0.29, 0.717) is 0 Å². The lowest BCUT2D eigenvalue weighted by atomic mass is 9.75. The minimum absolute atomic E-state index is 0.348. The quantitative estimate of drug-likeness (QED) is 0.417. The Morgan fingerprint density at radius 2 is 1.12 bits per heavy atom. The van der Waals surface area contributed by atoms with Gasteiger partial charge in [0.25, 0.3) is 0 Å². The standard InChI is InChI=1S/C30H25NO3/c1-30(20-12-4-2-5-13-20,21-14-6-3-7-15-21)29(34)31-27(28(32)33)26-24-18-10-8-16-22(24)23-17-9-11-19-25(23)26/h2-19,26-27H,1H3,(H,31,34)(H,32,33)/t27-/m1/s1. The van der Waals surface area contributed by atoms with Crippen LogP contribution >= 0.6 is 0 Å². The molecule has 4 heteroatoms. The summed E-state index contributed by atoms with van der Waals surface area (Å²) in [6.07, 6.45) is 0. The van der Waals surface area contributed by atoms with Crippen LogP contribution in [0.4, 0.5) is 0 Å². The fraction of sp³-hybridized carbons (Fsp3) is 0.133. The number of aliphatic carboxylic acids is 1. The Morgan fingerprint density at radius 1 is 0.706 bits per heavy atom. The third-order valence-corrected chi connectivity index (χ3v) is 6.92. The van der Waals surface area contributed by atoms with Gasteiger partial charge in [-0.1, -0.05) is 109 Å². The molecule has 0 heterocycles. The van der Waals surface area contributed by atoms with E-state index in [-0.39, 0.29) is 5.91 Å². The second kappa shape index (κ2) is 8.64. The summed E-state index contributed by atoms with van der Waals surface area (Å²) < 4.78 is 0. The van der Waals surface area contributed by atoms with Crippen LogP contribution in [0, 0.1) is 0 Å². The molecule has 4 aromatic carbocycles.